The van der Waals surface area contributed by atoms with Crippen LogP contribution in [-0.4, -0.2) is 22.2 Å². The minimum atomic E-state index is -4.58. The van der Waals surface area contributed by atoms with Gasteiger partial charge in [0.25, 0.3) is 0 Å². The van der Waals surface area contributed by atoms with E-state index in [1.807, 2.05) is 20.8 Å². The lowest BCUT2D eigenvalue weighted by Crippen LogP contribution is -2.22. The average Bonchev–Trinajstić information content (AvgIpc) is 2.61. The minimum Gasteiger partial charge on any atom is -0.488 e. The molecule has 0 aliphatic carbocycles. The summed E-state index contributed by atoms with van der Waals surface area (Å²) in [6.07, 6.45) is -0.211. The summed E-state index contributed by atoms with van der Waals surface area (Å²) in [5.41, 5.74) is -0.679. The molecule has 5 nitrogen and oxygen atoms in total. The van der Waals surface area contributed by atoms with Crippen LogP contribution in [0.5, 0.6) is 11.6 Å². The van der Waals surface area contributed by atoms with E-state index in [0.29, 0.717) is 17.9 Å². The van der Waals surface area contributed by atoms with Crippen LogP contribution in [0.15, 0.2) is 30.5 Å². The second kappa shape index (κ2) is 9.80. The van der Waals surface area contributed by atoms with Gasteiger partial charge in [0.1, 0.15) is 16.9 Å². The van der Waals surface area contributed by atoms with Gasteiger partial charge in [-0.3, -0.25) is 0 Å². The maximum absolute atomic E-state index is 13.2. The zero-order chi connectivity index (χ0) is 21.5. The summed E-state index contributed by atoms with van der Waals surface area (Å²) in [4.78, 5) is 7.73. The Morgan fingerprint density at radius 2 is 1.69 bits per heavy atom. The zero-order valence-corrected chi connectivity index (χ0v) is 17.3. The third-order valence-electron chi connectivity index (χ3n) is 3.83. The van der Waals surface area contributed by atoms with Crippen LogP contribution in [0.2, 0.25) is 0 Å². The van der Waals surface area contributed by atoms with Crippen molar-refractivity contribution >= 4 is 11.6 Å². The molecule has 2 rings (SSSR count). The first kappa shape index (κ1) is 22.8. The van der Waals surface area contributed by atoms with E-state index >= 15 is 0 Å². The molecule has 0 aliphatic heterocycles. The van der Waals surface area contributed by atoms with Crippen LogP contribution in [-0.2, 0) is 6.18 Å². The number of rotatable bonds is 9. The number of hydrogen-bond acceptors (Lipinski definition) is 5. The van der Waals surface area contributed by atoms with Crippen LogP contribution in [0, 0.1) is 0 Å². The predicted octanol–water partition coefficient (Wildman–Crippen LogP) is 6.38. The van der Waals surface area contributed by atoms with Crippen molar-refractivity contribution in [3.8, 4) is 11.6 Å². The first-order chi connectivity index (χ1) is 13.6. The van der Waals surface area contributed by atoms with Gasteiger partial charge in [0.2, 0.25) is 11.8 Å². The minimum absolute atomic E-state index is 0.0334. The Kier molecular flexibility index (Phi) is 7.70. The normalized spacial score (nSPS) is 12.0. The van der Waals surface area contributed by atoms with Crippen molar-refractivity contribution in [3.05, 3.63) is 36.0 Å². The van der Waals surface area contributed by atoms with Gasteiger partial charge in [-0.1, -0.05) is 26.2 Å². The molecule has 0 bridgehead atoms. The fourth-order valence-corrected chi connectivity index (χ4v) is 2.52. The van der Waals surface area contributed by atoms with Crippen molar-refractivity contribution in [3.63, 3.8) is 0 Å². The van der Waals surface area contributed by atoms with Gasteiger partial charge in [0.15, 0.2) is 0 Å². The molecule has 0 radical (unpaired) electrons. The van der Waals surface area contributed by atoms with E-state index in [1.165, 1.54) is 0 Å². The summed E-state index contributed by atoms with van der Waals surface area (Å²) in [6, 6.07) is 7.02. The molecule has 1 aromatic heterocycles. The lowest BCUT2D eigenvalue weighted by atomic mass is 10.2. The summed E-state index contributed by atoms with van der Waals surface area (Å²) in [5.74, 6) is 0.262. The number of nitrogens with one attached hydrogen (secondary N) is 1. The Morgan fingerprint density at radius 1 is 1.00 bits per heavy atom. The van der Waals surface area contributed by atoms with Gasteiger partial charge >= 0.3 is 6.18 Å². The fraction of sp³-hybridized carbons (Fsp3) is 0.524. The first-order valence-corrected chi connectivity index (χ1v) is 9.71. The molecular weight excluding hydrogens is 383 g/mol. The molecule has 1 aromatic carbocycles. The number of halogens is 3. The molecule has 0 saturated carbocycles. The maximum Gasteiger partial charge on any atom is 0.423 e. The summed E-state index contributed by atoms with van der Waals surface area (Å²) >= 11 is 0. The molecule has 1 N–H and O–H groups in total. The zero-order valence-electron chi connectivity index (χ0n) is 17.3. The van der Waals surface area contributed by atoms with Crippen molar-refractivity contribution in [2.24, 2.45) is 0 Å². The van der Waals surface area contributed by atoms with E-state index in [0.717, 1.165) is 25.5 Å². The van der Waals surface area contributed by atoms with Crippen LogP contribution in [0.1, 0.15) is 58.9 Å². The van der Waals surface area contributed by atoms with Gasteiger partial charge in [0, 0.05) is 11.9 Å². The van der Waals surface area contributed by atoms with Crippen molar-refractivity contribution in [2.45, 2.75) is 65.2 Å². The third-order valence-corrected chi connectivity index (χ3v) is 3.83. The maximum atomic E-state index is 13.2. The number of alkyl halides is 3. The van der Waals surface area contributed by atoms with Gasteiger partial charge < -0.3 is 14.8 Å². The first-order valence-electron chi connectivity index (χ1n) is 9.71. The van der Waals surface area contributed by atoms with E-state index in [1.54, 1.807) is 24.3 Å². The van der Waals surface area contributed by atoms with Crippen molar-refractivity contribution in [1.29, 1.82) is 0 Å². The highest BCUT2D eigenvalue weighted by Gasteiger charge is 2.36. The van der Waals surface area contributed by atoms with E-state index in [-0.39, 0.29) is 18.2 Å². The Hall–Kier alpha value is -2.51. The second-order valence-electron chi connectivity index (χ2n) is 7.68. The largest absolute Gasteiger partial charge is 0.488 e. The van der Waals surface area contributed by atoms with Crippen LogP contribution in [0.25, 0.3) is 0 Å². The summed E-state index contributed by atoms with van der Waals surface area (Å²) in [6.45, 7) is 8.07. The standard InChI is InChI=1S/C21H28F3N3O2/c1-5-6-7-8-13-28-18-17(21(22,23)24)14-25-19(27-18)26-15-9-11-16(12-10-15)29-20(2,3)4/h9-12,14H,5-8,13H2,1-4H3,(H,25,26,27). The lowest BCUT2D eigenvalue weighted by molar-refractivity contribution is -0.139. The Labute approximate surface area is 169 Å². The molecule has 0 aliphatic rings. The number of nitrogens with zero attached hydrogens (tertiary/aromatic N) is 2. The molecule has 0 saturated heterocycles. The Morgan fingerprint density at radius 3 is 2.28 bits per heavy atom. The number of benzene rings is 1. The molecule has 29 heavy (non-hydrogen) atoms. The van der Waals surface area contributed by atoms with Gasteiger partial charge in [-0.15, -0.1) is 0 Å². The predicted molar refractivity (Wildman–Crippen MR) is 107 cm³/mol. The third kappa shape index (κ3) is 7.79. The highest BCUT2D eigenvalue weighted by atomic mass is 19.4. The SMILES string of the molecule is CCCCCCOc1nc(Nc2ccc(OC(C)(C)C)cc2)ncc1C(F)(F)F. The highest BCUT2D eigenvalue weighted by molar-refractivity contribution is 5.55. The van der Waals surface area contributed by atoms with Crippen LogP contribution in [0.4, 0.5) is 24.8 Å². The quantitative estimate of drug-likeness (QED) is 0.486. The summed E-state index contributed by atoms with van der Waals surface area (Å²) in [7, 11) is 0. The molecule has 0 amide bonds. The number of ether oxygens (including phenoxy) is 2. The van der Waals surface area contributed by atoms with Crippen molar-refractivity contribution in [1.82, 2.24) is 9.97 Å². The molecule has 160 valence electrons. The number of aromatic nitrogens is 2. The van der Waals surface area contributed by atoms with Crippen molar-refractivity contribution < 1.29 is 22.6 Å². The van der Waals surface area contributed by atoms with Gasteiger partial charge in [0.05, 0.1) is 6.61 Å². The monoisotopic (exact) mass is 411 g/mol. The molecular formula is C21H28F3N3O2. The Balaban J connectivity index is 2.11. The summed E-state index contributed by atoms with van der Waals surface area (Å²) < 4.78 is 50.7. The van der Waals surface area contributed by atoms with E-state index < -0.39 is 17.6 Å². The molecule has 0 atom stereocenters. The smallest absolute Gasteiger partial charge is 0.423 e. The topological polar surface area (TPSA) is 56.3 Å². The van der Waals surface area contributed by atoms with E-state index in [4.69, 9.17) is 9.47 Å². The van der Waals surface area contributed by atoms with Crippen LogP contribution >= 0.6 is 0 Å². The summed E-state index contributed by atoms with van der Waals surface area (Å²) in [5, 5.41) is 2.90. The van der Waals surface area contributed by atoms with Crippen LogP contribution in [0.3, 0.4) is 0 Å². The van der Waals surface area contributed by atoms with E-state index in [2.05, 4.69) is 22.2 Å². The Bertz CT molecular complexity index is 772. The molecule has 0 unspecified atom stereocenters. The number of hydrogen-bond donors (Lipinski definition) is 1. The second-order valence-corrected chi connectivity index (χ2v) is 7.68. The molecule has 8 heteroatoms. The lowest BCUT2D eigenvalue weighted by Gasteiger charge is -2.21. The average molecular weight is 411 g/mol. The van der Waals surface area contributed by atoms with Crippen molar-refractivity contribution in [2.75, 3.05) is 11.9 Å². The fourth-order valence-electron chi connectivity index (χ4n) is 2.52. The molecule has 2 aromatic rings. The molecule has 0 spiro atoms. The van der Waals surface area contributed by atoms with Crippen LogP contribution < -0.4 is 14.8 Å². The van der Waals surface area contributed by atoms with Gasteiger partial charge in [-0.2, -0.15) is 18.2 Å². The number of unbranched alkanes of at least 4 members (excludes halogenated alkanes) is 3. The van der Waals surface area contributed by atoms with Gasteiger partial charge in [-0.25, -0.2) is 4.98 Å². The van der Waals surface area contributed by atoms with E-state index in [9.17, 15) is 13.2 Å². The molecule has 1 heterocycles. The number of anilines is 2. The molecule has 0 fully saturated rings. The van der Waals surface area contributed by atoms with Gasteiger partial charge in [-0.05, 0) is 51.5 Å². The highest BCUT2D eigenvalue weighted by Crippen LogP contribution is 2.35.